The Bertz CT molecular complexity index is 500. The summed E-state index contributed by atoms with van der Waals surface area (Å²) < 4.78 is 37.2. The van der Waals surface area contributed by atoms with Crippen molar-refractivity contribution in [1.29, 1.82) is 0 Å². The minimum atomic E-state index is -3.20. The largest absolute Gasteiger partial charge is 0.493 e. The van der Waals surface area contributed by atoms with E-state index in [9.17, 15) is 13.6 Å². The van der Waals surface area contributed by atoms with E-state index in [-0.39, 0.29) is 23.6 Å². The van der Waals surface area contributed by atoms with Gasteiger partial charge in [0, 0.05) is 13.5 Å². The van der Waals surface area contributed by atoms with Gasteiger partial charge in [-0.05, 0) is 17.7 Å². The number of carboxylic acids is 1. The van der Waals surface area contributed by atoms with Crippen molar-refractivity contribution in [3.05, 3.63) is 23.3 Å². The Hall–Kier alpha value is -1.89. The molecule has 0 saturated carbocycles. The van der Waals surface area contributed by atoms with Crippen LogP contribution in [0, 0.1) is 0 Å². The molecule has 7 heteroatoms. The van der Waals surface area contributed by atoms with Gasteiger partial charge in [-0.15, -0.1) is 0 Å². The number of ether oxygens (including phenoxy) is 2. The molecule has 0 saturated heterocycles. The normalized spacial score (nSPS) is 12.9. The van der Waals surface area contributed by atoms with Gasteiger partial charge in [0.1, 0.15) is 0 Å². The number of carbonyl (C=O) groups is 1. The zero-order chi connectivity index (χ0) is 15.5. The van der Waals surface area contributed by atoms with Gasteiger partial charge < -0.3 is 20.3 Å². The number of rotatable bonds is 6. The van der Waals surface area contributed by atoms with Crippen LogP contribution in [0.5, 0.6) is 11.5 Å². The van der Waals surface area contributed by atoms with Crippen molar-refractivity contribution in [2.45, 2.75) is 18.8 Å². The van der Waals surface area contributed by atoms with Crippen LogP contribution >= 0.6 is 0 Å². The van der Waals surface area contributed by atoms with Crippen molar-refractivity contribution >= 4 is 5.97 Å². The topological polar surface area (TPSA) is 81.8 Å². The molecule has 1 atom stereocenters. The first-order valence-electron chi connectivity index (χ1n) is 5.83. The minimum Gasteiger partial charge on any atom is -0.493 e. The lowest BCUT2D eigenvalue weighted by atomic mass is 9.94. The van der Waals surface area contributed by atoms with E-state index < -0.39 is 23.4 Å². The van der Waals surface area contributed by atoms with Gasteiger partial charge in [0.15, 0.2) is 11.5 Å². The SMILES string of the molecule is COc1cc(C(CN)C(=O)O)cc(C(C)(F)F)c1OC. The molecule has 0 bridgehead atoms. The molecule has 1 unspecified atom stereocenters. The summed E-state index contributed by atoms with van der Waals surface area (Å²) in [4.78, 5) is 11.1. The fourth-order valence-electron chi connectivity index (χ4n) is 1.89. The summed E-state index contributed by atoms with van der Waals surface area (Å²) in [6, 6.07) is 2.44. The van der Waals surface area contributed by atoms with Gasteiger partial charge in [-0.25, -0.2) is 8.78 Å². The maximum absolute atomic E-state index is 13.7. The van der Waals surface area contributed by atoms with Crippen molar-refractivity contribution < 1.29 is 28.2 Å². The van der Waals surface area contributed by atoms with E-state index in [1.807, 2.05) is 0 Å². The maximum Gasteiger partial charge on any atom is 0.312 e. The number of nitrogens with two attached hydrogens (primary N) is 1. The number of halogens is 2. The van der Waals surface area contributed by atoms with Crippen molar-refractivity contribution in [3.63, 3.8) is 0 Å². The van der Waals surface area contributed by atoms with Gasteiger partial charge in [0.05, 0.1) is 25.7 Å². The highest BCUT2D eigenvalue weighted by molar-refractivity contribution is 5.77. The first kappa shape index (κ1) is 16.2. The van der Waals surface area contributed by atoms with Crippen LogP contribution in [-0.2, 0) is 10.7 Å². The average molecular weight is 289 g/mol. The Morgan fingerprint density at radius 2 is 2.00 bits per heavy atom. The molecule has 0 aliphatic heterocycles. The number of aliphatic carboxylic acids is 1. The summed E-state index contributed by atoms with van der Waals surface area (Å²) in [6.45, 7) is 0.492. The second-order valence-electron chi connectivity index (χ2n) is 4.32. The Kier molecular flexibility index (Phi) is 4.88. The zero-order valence-electron chi connectivity index (χ0n) is 11.4. The van der Waals surface area contributed by atoms with Crippen LogP contribution in [0.1, 0.15) is 24.0 Å². The average Bonchev–Trinajstić information content (AvgIpc) is 2.36. The number of benzene rings is 1. The van der Waals surface area contributed by atoms with Crippen molar-refractivity contribution in [3.8, 4) is 11.5 Å². The molecule has 0 aliphatic carbocycles. The Morgan fingerprint density at radius 1 is 1.40 bits per heavy atom. The molecule has 0 heterocycles. The lowest BCUT2D eigenvalue weighted by Crippen LogP contribution is -2.22. The van der Waals surface area contributed by atoms with Crippen LogP contribution in [0.25, 0.3) is 0 Å². The van der Waals surface area contributed by atoms with E-state index in [1.165, 1.54) is 20.3 Å². The fourth-order valence-corrected chi connectivity index (χ4v) is 1.89. The molecule has 3 N–H and O–H groups in total. The molecule has 5 nitrogen and oxygen atoms in total. The standard InChI is InChI=1S/C13H17F2NO4/c1-13(14,15)9-4-7(8(6-16)12(17)18)5-10(19-2)11(9)20-3/h4-5,8H,6,16H2,1-3H3,(H,17,18). The van der Waals surface area contributed by atoms with Crippen LogP contribution in [0.4, 0.5) is 8.78 Å². The van der Waals surface area contributed by atoms with Gasteiger partial charge in [-0.2, -0.15) is 0 Å². The Labute approximate surface area is 115 Å². The minimum absolute atomic E-state index is 0.0428. The molecule has 0 amide bonds. The monoisotopic (exact) mass is 289 g/mol. The molecule has 1 aromatic rings. The number of hydrogen-bond donors (Lipinski definition) is 2. The molecule has 0 aliphatic rings. The summed E-state index contributed by atoms with van der Waals surface area (Å²) in [5, 5.41) is 9.07. The first-order valence-corrected chi connectivity index (χ1v) is 5.83. The molecule has 1 rings (SSSR count). The Morgan fingerprint density at radius 3 is 2.35 bits per heavy atom. The molecular formula is C13H17F2NO4. The van der Waals surface area contributed by atoms with Gasteiger partial charge in [0.2, 0.25) is 0 Å². The van der Waals surface area contributed by atoms with Crippen molar-refractivity contribution in [2.75, 3.05) is 20.8 Å². The fraction of sp³-hybridized carbons (Fsp3) is 0.462. The lowest BCUT2D eigenvalue weighted by molar-refractivity contribution is -0.138. The van der Waals surface area contributed by atoms with E-state index in [4.69, 9.17) is 20.3 Å². The summed E-state index contributed by atoms with van der Waals surface area (Å²) in [5.74, 6) is -5.56. The van der Waals surface area contributed by atoms with E-state index in [2.05, 4.69) is 0 Å². The maximum atomic E-state index is 13.7. The highest BCUT2D eigenvalue weighted by atomic mass is 19.3. The molecule has 112 valence electrons. The third-order valence-electron chi connectivity index (χ3n) is 2.91. The quantitative estimate of drug-likeness (QED) is 0.836. The van der Waals surface area contributed by atoms with E-state index >= 15 is 0 Å². The molecular weight excluding hydrogens is 272 g/mol. The summed E-state index contributed by atoms with van der Waals surface area (Å²) in [7, 11) is 2.53. The summed E-state index contributed by atoms with van der Waals surface area (Å²) in [5.41, 5.74) is 5.10. The predicted molar refractivity (Wildman–Crippen MR) is 68.5 cm³/mol. The van der Waals surface area contributed by atoms with Crippen LogP contribution in [-0.4, -0.2) is 31.8 Å². The highest BCUT2D eigenvalue weighted by Gasteiger charge is 2.33. The first-order chi connectivity index (χ1) is 9.26. The highest BCUT2D eigenvalue weighted by Crippen LogP contribution is 2.42. The molecule has 0 aromatic heterocycles. The molecule has 0 spiro atoms. The van der Waals surface area contributed by atoms with E-state index in [0.29, 0.717) is 6.92 Å². The third-order valence-corrected chi connectivity index (χ3v) is 2.91. The molecule has 1 aromatic carbocycles. The summed E-state index contributed by atoms with van der Waals surface area (Å²) >= 11 is 0. The zero-order valence-corrected chi connectivity index (χ0v) is 11.4. The van der Waals surface area contributed by atoms with Gasteiger partial charge in [0.25, 0.3) is 5.92 Å². The number of alkyl halides is 2. The van der Waals surface area contributed by atoms with Crippen LogP contribution in [0.2, 0.25) is 0 Å². The van der Waals surface area contributed by atoms with Crippen LogP contribution in [0.3, 0.4) is 0 Å². The van der Waals surface area contributed by atoms with E-state index in [0.717, 1.165) is 6.07 Å². The predicted octanol–water partition coefficient (Wildman–Crippen LogP) is 1.94. The second-order valence-corrected chi connectivity index (χ2v) is 4.32. The smallest absolute Gasteiger partial charge is 0.312 e. The molecule has 0 fully saturated rings. The van der Waals surface area contributed by atoms with Crippen molar-refractivity contribution in [2.24, 2.45) is 5.73 Å². The lowest BCUT2D eigenvalue weighted by Gasteiger charge is -2.20. The number of carboxylic acid groups (broad SMARTS) is 1. The van der Waals surface area contributed by atoms with Gasteiger partial charge in [-0.3, -0.25) is 4.79 Å². The molecule has 20 heavy (non-hydrogen) atoms. The van der Waals surface area contributed by atoms with Crippen LogP contribution in [0.15, 0.2) is 12.1 Å². The van der Waals surface area contributed by atoms with E-state index in [1.54, 1.807) is 0 Å². The third kappa shape index (κ3) is 3.16. The molecule has 0 radical (unpaired) electrons. The van der Waals surface area contributed by atoms with Crippen molar-refractivity contribution in [1.82, 2.24) is 0 Å². The van der Waals surface area contributed by atoms with Gasteiger partial charge in [-0.1, -0.05) is 0 Å². The number of hydrogen-bond acceptors (Lipinski definition) is 4. The number of methoxy groups -OCH3 is 2. The Balaban J connectivity index is 3.54. The van der Waals surface area contributed by atoms with Gasteiger partial charge >= 0.3 is 5.97 Å². The van der Waals surface area contributed by atoms with Crippen LogP contribution < -0.4 is 15.2 Å². The summed E-state index contributed by atoms with van der Waals surface area (Å²) in [6.07, 6.45) is 0. The second kappa shape index (κ2) is 6.04.